The van der Waals surface area contributed by atoms with Gasteiger partial charge < -0.3 is 16.7 Å². The van der Waals surface area contributed by atoms with E-state index in [0.29, 0.717) is 5.92 Å². The molecule has 0 amide bonds. The molecule has 0 aliphatic heterocycles. The SMILES string of the molecule is CC(C)C[C@H](N)c1cc(/C(N)=N/O)cs1. The Morgan fingerprint density at radius 2 is 2.27 bits per heavy atom. The van der Waals surface area contributed by atoms with Crippen LogP contribution in [0.15, 0.2) is 16.6 Å². The van der Waals surface area contributed by atoms with Crippen molar-refractivity contribution in [3.63, 3.8) is 0 Å². The topological polar surface area (TPSA) is 84.6 Å². The minimum atomic E-state index is 0.0373. The van der Waals surface area contributed by atoms with E-state index in [2.05, 4.69) is 19.0 Å². The van der Waals surface area contributed by atoms with Crippen molar-refractivity contribution < 1.29 is 5.21 Å². The standard InChI is InChI=1S/C10H17N3OS/c1-6(2)3-8(11)9-4-7(5-15-9)10(12)13-14/h4-6,8,14H,3,11H2,1-2H3,(H2,12,13)/t8-/m0/s1. The molecule has 5 heteroatoms. The largest absolute Gasteiger partial charge is 0.409 e. The van der Waals surface area contributed by atoms with Crippen LogP contribution in [0, 0.1) is 5.92 Å². The highest BCUT2D eigenvalue weighted by atomic mass is 32.1. The molecule has 1 rings (SSSR count). The van der Waals surface area contributed by atoms with E-state index in [4.69, 9.17) is 16.7 Å². The van der Waals surface area contributed by atoms with Crippen molar-refractivity contribution in [3.8, 4) is 0 Å². The van der Waals surface area contributed by atoms with Crippen LogP contribution in [0.1, 0.15) is 36.8 Å². The first-order chi connectivity index (χ1) is 7.04. The monoisotopic (exact) mass is 227 g/mol. The quantitative estimate of drug-likeness (QED) is 0.318. The molecule has 15 heavy (non-hydrogen) atoms. The maximum Gasteiger partial charge on any atom is 0.170 e. The molecule has 0 saturated heterocycles. The molecular weight excluding hydrogens is 210 g/mol. The Bertz CT molecular complexity index is 346. The summed E-state index contributed by atoms with van der Waals surface area (Å²) in [6, 6.07) is 1.92. The van der Waals surface area contributed by atoms with Gasteiger partial charge >= 0.3 is 0 Å². The first-order valence-corrected chi connectivity index (χ1v) is 5.74. The number of nitrogens with zero attached hydrogens (tertiary/aromatic N) is 1. The fraction of sp³-hybridized carbons (Fsp3) is 0.500. The summed E-state index contributed by atoms with van der Waals surface area (Å²) in [7, 11) is 0. The molecule has 4 nitrogen and oxygen atoms in total. The molecule has 0 radical (unpaired) electrons. The van der Waals surface area contributed by atoms with E-state index in [0.717, 1.165) is 16.9 Å². The summed E-state index contributed by atoms with van der Waals surface area (Å²) >= 11 is 1.55. The molecule has 0 aromatic carbocycles. The number of hydrogen-bond acceptors (Lipinski definition) is 4. The van der Waals surface area contributed by atoms with Gasteiger partial charge in [0.15, 0.2) is 5.84 Å². The highest BCUT2D eigenvalue weighted by Gasteiger charge is 2.12. The van der Waals surface area contributed by atoms with Gasteiger partial charge in [0.2, 0.25) is 0 Å². The normalized spacial score (nSPS) is 14.5. The number of amidine groups is 1. The molecule has 0 saturated carbocycles. The molecule has 0 aliphatic rings. The second kappa shape index (κ2) is 5.14. The lowest BCUT2D eigenvalue weighted by atomic mass is 10.0. The van der Waals surface area contributed by atoms with E-state index < -0.39 is 0 Å². The van der Waals surface area contributed by atoms with Gasteiger partial charge in [0.1, 0.15) is 0 Å². The van der Waals surface area contributed by atoms with Crippen molar-refractivity contribution >= 4 is 17.2 Å². The molecule has 5 N–H and O–H groups in total. The van der Waals surface area contributed by atoms with Crippen LogP contribution >= 0.6 is 11.3 Å². The van der Waals surface area contributed by atoms with E-state index in [1.54, 1.807) is 11.3 Å². The van der Waals surface area contributed by atoms with Crippen LogP contribution in [0.4, 0.5) is 0 Å². The summed E-state index contributed by atoms with van der Waals surface area (Å²) in [4.78, 5) is 1.07. The highest BCUT2D eigenvalue weighted by molar-refractivity contribution is 7.10. The van der Waals surface area contributed by atoms with E-state index in [1.807, 2.05) is 11.4 Å². The smallest absolute Gasteiger partial charge is 0.170 e. The Hall–Kier alpha value is -1.07. The number of nitrogens with two attached hydrogens (primary N) is 2. The molecule has 1 atom stereocenters. The van der Waals surface area contributed by atoms with Crippen molar-refractivity contribution in [2.24, 2.45) is 22.5 Å². The number of thiophene rings is 1. The second-order valence-corrected chi connectivity index (χ2v) is 4.90. The van der Waals surface area contributed by atoms with E-state index in [1.165, 1.54) is 0 Å². The molecule has 0 unspecified atom stereocenters. The summed E-state index contributed by atoms with van der Waals surface area (Å²) in [6.45, 7) is 4.27. The van der Waals surface area contributed by atoms with Gasteiger partial charge in [0.05, 0.1) is 0 Å². The van der Waals surface area contributed by atoms with Crippen LogP contribution in [0.25, 0.3) is 0 Å². The fourth-order valence-corrected chi connectivity index (χ4v) is 2.28. The summed E-state index contributed by atoms with van der Waals surface area (Å²) in [5.41, 5.74) is 12.2. The first-order valence-electron chi connectivity index (χ1n) is 4.86. The predicted molar refractivity (Wildman–Crippen MR) is 63.2 cm³/mol. The third-order valence-electron chi connectivity index (χ3n) is 2.11. The minimum Gasteiger partial charge on any atom is -0.409 e. The minimum absolute atomic E-state index is 0.0373. The Morgan fingerprint density at radius 3 is 2.80 bits per heavy atom. The Labute approximate surface area is 93.6 Å². The number of oxime groups is 1. The number of hydrogen-bond donors (Lipinski definition) is 3. The van der Waals surface area contributed by atoms with Gasteiger partial charge in [-0.3, -0.25) is 0 Å². The van der Waals surface area contributed by atoms with Crippen LogP contribution in [0.5, 0.6) is 0 Å². The molecule has 0 bridgehead atoms. The second-order valence-electron chi connectivity index (χ2n) is 3.96. The lowest BCUT2D eigenvalue weighted by Gasteiger charge is -2.11. The number of rotatable bonds is 4. The third-order valence-corrected chi connectivity index (χ3v) is 3.18. The van der Waals surface area contributed by atoms with Crippen LogP contribution < -0.4 is 11.5 Å². The first kappa shape index (κ1) is 12.0. The fourth-order valence-electron chi connectivity index (χ4n) is 1.36. The summed E-state index contributed by atoms with van der Waals surface area (Å²) in [6.07, 6.45) is 0.941. The van der Waals surface area contributed by atoms with Gasteiger partial charge in [-0.2, -0.15) is 0 Å². The van der Waals surface area contributed by atoms with Gasteiger partial charge in [-0.25, -0.2) is 0 Å². The summed E-state index contributed by atoms with van der Waals surface area (Å²) in [5.74, 6) is 0.698. The van der Waals surface area contributed by atoms with E-state index in [9.17, 15) is 0 Å². The molecule has 0 aliphatic carbocycles. The Kier molecular flexibility index (Phi) is 4.11. The zero-order chi connectivity index (χ0) is 11.4. The third kappa shape index (κ3) is 3.21. The lowest BCUT2D eigenvalue weighted by molar-refractivity contribution is 0.318. The van der Waals surface area contributed by atoms with Crippen molar-refractivity contribution in [2.75, 3.05) is 0 Å². The maximum absolute atomic E-state index is 8.52. The van der Waals surface area contributed by atoms with Gasteiger partial charge in [0.25, 0.3) is 0 Å². The Morgan fingerprint density at radius 1 is 1.60 bits per heavy atom. The lowest BCUT2D eigenvalue weighted by Crippen LogP contribution is -2.13. The molecule has 1 aromatic rings. The average molecular weight is 227 g/mol. The van der Waals surface area contributed by atoms with Gasteiger partial charge in [-0.1, -0.05) is 19.0 Å². The molecule has 0 spiro atoms. The van der Waals surface area contributed by atoms with Crippen LogP contribution in [-0.4, -0.2) is 11.0 Å². The van der Waals surface area contributed by atoms with Crippen LogP contribution in [0.3, 0.4) is 0 Å². The summed E-state index contributed by atoms with van der Waals surface area (Å²) in [5, 5.41) is 13.3. The molecular formula is C10H17N3OS. The zero-order valence-electron chi connectivity index (χ0n) is 8.97. The molecule has 1 heterocycles. The van der Waals surface area contributed by atoms with Gasteiger partial charge in [-0.15, -0.1) is 11.3 Å². The molecule has 84 valence electrons. The van der Waals surface area contributed by atoms with Crippen molar-refractivity contribution in [3.05, 3.63) is 21.9 Å². The van der Waals surface area contributed by atoms with E-state index in [-0.39, 0.29) is 11.9 Å². The predicted octanol–water partition coefficient (Wildman–Crippen LogP) is 1.89. The maximum atomic E-state index is 8.52. The summed E-state index contributed by atoms with van der Waals surface area (Å²) < 4.78 is 0. The van der Waals surface area contributed by atoms with Gasteiger partial charge in [0, 0.05) is 21.9 Å². The highest BCUT2D eigenvalue weighted by Crippen LogP contribution is 2.25. The van der Waals surface area contributed by atoms with Crippen LogP contribution in [-0.2, 0) is 0 Å². The van der Waals surface area contributed by atoms with Gasteiger partial charge in [-0.05, 0) is 18.4 Å². The van der Waals surface area contributed by atoms with Crippen molar-refractivity contribution in [1.29, 1.82) is 0 Å². The van der Waals surface area contributed by atoms with Crippen molar-refractivity contribution in [2.45, 2.75) is 26.3 Å². The van der Waals surface area contributed by atoms with E-state index >= 15 is 0 Å². The molecule has 1 aromatic heterocycles. The molecule has 0 fully saturated rings. The van der Waals surface area contributed by atoms with Crippen molar-refractivity contribution in [1.82, 2.24) is 0 Å². The van der Waals surface area contributed by atoms with Crippen LogP contribution in [0.2, 0.25) is 0 Å². The average Bonchev–Trinajstić information content (AvgIpc) is 2.64. The Balaban J connectivity index is 2.75. The zero-order valence-corrected chi connectivity index (χ0v) is 9.79.